The minimum Gasteiger partial charge on any atom is -0.359 e. The largest absolute Gasteiger partial charge is 0.359 e. The van der Waals surface area contributed by atoms with Crippen LogP contribution in [0.2, 0.25) is 0 Å². The van der Waals surface area contributed by atoms with E-state index in [2.05, 4.69) is 0 Å². The Hall–Kier alpha value is -0.380. The Bertz CT molecular complexity index is 223. The molecule has 0 aromatic rings. The summed E-state index contributed by atoms with van der Waals surface area (Å²) in [5.41, 5.74) is 0. The first kappa shape index (κ1) is 12.6. The van der Waals surface area contributed by atoms with E-state index < -0.39 is 13.5 Å². The van der Waals surface area contributed by atoms with E-state index in [4.69, 9.17) is 9.63 Å². The van der Waals surface area contributed by atoms with E-state index in [-0.39, 0.29) is 12.3 Å². The van der Waals surface area contributed by atoms with Gasteiger partial charge in [0.25, 0.3) is 5.91 Å². The third-order valence-electron chi connectivity index (χ3n) is 1.35. The van der Waals surface area contributed by atoms with Crippen LogP contribution in [0.5, 0.6) is 0 Å². The zero-order valence-corrected chi connectivity index (χ0v) is 9.25. The molecule has 6 heteroatoms. The van der Waals surface area contributed by atoms with Crippen LogP contribution in [0.25, 0.3) is 0 Å². The molecule has 0 aromatic carbocycles. The van der Waals surface area contributed by atoms with Gasteiger partial charge in [0, 0.05) is 20.8 Å². The summed E-state index contributed by atoms with van der Waals surface area (Å²) in [5, 5.41) is 0. The average molecular weight is 209 g/mol. The highest BCUT2D eigenvalue weighted by atomic mass is 31.2. The molecule has 0 rings (SSSR count). The Morgan fingerprint density at radius 2 is 2.08 bits per heavy atom. The van der Waals surface area contributed by atoms with Gasteiger partial charge in [-0.25, -0.2) is 0 Å². The molecule has 2 unspecified atom stereocenters. The van der Waals surface area contributed by atoms with Crippen LogP contribution in [-0.2, 0) is 14.1 Å². The molecule has 2 atom stereocenters. The van der Waals surface area contributed by atoms with Crippen LogP contribution in [0.3, 0.4) is 0 Å². The molecule has 1 N–H and O–H groups in total. The molecule has 0 radical (unpaired) electrons. The van der Waals surface area contributed by atoms with Crippen molar-refractivity contribution < 1.29 is 19.0 Å². The summed E-state index contributed by atoms with van der Waals surface area (Å²) in [5.74, 6) is -0.214. The summed E-state index contributed by atoms with van der Waals surface area (Å²) in [6, 6.07) is 0. The molecule has 0 aliphatic rings. The molecule has 0 saturated carbocycles. The highest BCUT2D eigenvalue weighted by molar-refractivity contribution is 7.56. The van der Waals surface area contributed by atoms with Gasteiger partial charge in [-0.3, -0.25) is 9.36 Å². The van der Waals surface area contributed by atoms with Crippen LogP contribution < -0.4 is 0 Å². The minimum absolute atomic E-state index is 0.214. The summed E-state index contributed by atoms with van der Waals surface area (Å²) < 4.78 is 15.7. The Morgan fingerprint density at radius 1 is 1.62 bits per heavy atom. The normalized spacial score (nSPS) is 17.6. The number of likely N-dealkylation sites (N-methyl/N-ethyl adjacent to an activating group) is 1. The highest BCUT2D eigenvalue weighted by Crippen LogP contribution is 2.35. The first-order chi connectivity index (χ1) is 5.74. The van der Waals surface area contributed by atoms with Gasteiger partial charge in [-0.1, -0.05) is 0 Å². The molecule has 1 amide bonds. The zero-order chi connectivity index (χ0) is 10.6. The quantitative estimate of drug-likeness (QED) is 0.678. The lowest BCUT2D eigenvalue weighted by atomic mass is 10.4. The lowest BCUT2D eigenvalue weighted by Crippen LogP contribution is -2.33. The second-order valence-electron chi connectivity index (χ2n) is 3.22. The van der Waals surface area contributed by atoms with Gasteiger partial charge in [0.1, 0.15) is 12.5 Å². The van der Waals surface area contributed by atoms with Gasteiger partial charge in [-0.15, -0.1) is 0 Å². The van der Waals surface area contributed by atoms with E-state index in [0.29, 0.717) is 0 Å². The molecule has 0 saturated heterocycles. The van der Waals surface area contributed by atoms with Gasteiger partial charge < -0.3 is 14.5 Å². The molecule has 5 nitrogen and oxygen atoms in total. The van der Waals surface area contributed by atoms with E-state index in [1.165, 1.54) is 11.6 Å². The second kappa shape index (κ2) is 4.74. The van der Waals surface area contributed by atoms with Crippen molar-refractivity contribution in [2.24, 2.45) is 0 Å². The lowest BCUT2D eigenvalue weighted by molar-refractivity contribution is -0.138. The number of rotatable bonds is 4. The highest BCUT2D eigenvalue weighted by Gasteiger charge is 2.19. The number of hydrogen-bond donors (Lipinski definition) is 1. The predicted octanol–water partition coefficient (Wildman–Crippen LogP) is 0.337. The summed E-state index contributed by atoms with van der Waals surface area (Å²) in [6.45, 7) is 2.75. The number of amides is 1. The monoisotopic (exact) mass is 209 g/mol. The Balaban J connectivity index is 3.95. The molecule has 0 aliphatic heterocycles. The summed E-state index contributed by atoms with van der Waals surface area (Å²) in [7, 11) is 0.0252. The van der Waals surface area contributed by atoms with Crippen LogP contribution in [0.15, 0.2) is 0 Å². The minimum atomic E-state index is -3.18. The SMILES string of the molecule is CC(OCP(C)(=O)O)C(=O)N(C)C. The number of hydrogen-bond acceptors (Lipinski definition) is 3. The van der Waals surface area contributed by atoms with Crippen molar-refractivity contribution in [1.29, 1.82) is 0 Å². The van der Waals surface area contributed by atoms with Crippen molar-refractivity contribution in [2.75, 3.05) is 27.1 Å². The maximum Gasteiger partial charge on any atom is 0.250 e. The van der Waals surface area contributed by atoms with Gasteiger partial charge in [0.2, 0.25) is 7.37 Å². The molecule has 78 valence electrons. The van der Waals surface area contributed by atoms with Crippen LogP contribution in [0.1, 0.15) is 6.92 Å². The maximum absolute atomic E-state index is 11.2. The van der Waals surface area contributed by atoms with Crippen molar-refractivity contribution in [3.8, 4) is 0 Å². The van der Waals surface area contributed by atoms with E-state index in [9.17, 15) is 9.36 Å². The van der Waals surface area contributed by atoms with Crippen LogP contribution in [0.4, 0.5) is 0 Å². The fourth-order valence-electron chi connectivity index (χ4n) is 0.685. The first-order valence-corrected chi connectivity index (χ1v) is 6.15. The van der Waals surface area contributed by atoms with Gasteiger partial charge in [0.15, 0.2) is 0 Å². The Labute approximate surface area is 78.1 Å². The Kier molecular flexibility index (Phi) is 4.61. The van der Waals surface area contributed by atoms with Crippen molar-refractivity contribution in [1.82, 2.24) is 4.90 Å². The third kappa shape index (κ3) is 5.80. The molecule has 0 fully saturated rings. The third-order valence-corrected chi connectivity index (χ3v) is 1.98. The van der Waals surface area contributed by atoms with E-state index in [1.54, 1.807) is 21.0 Å². The van der Waals surface area contributed by atoms with Crippen molar-refractivity contribution in [3.05, 3.63) is 0 Å². The molecule has 0 aliphatic carbocycles. The van der Waals surface area contributed by atoms with Gasteiger partial charge in [-0.05, 0) is 6.92 Å². The van der Waals surface area contributed by atoms with Crippen LogP contribution in [0, 0.1) is 0 Å². The standard InChI is InChI=1S/C7H16NO4P/c1-6(7(9)8(2)3)12-5-13(4,10)11/h6H,5H2,1-4H3,(H,10,11). The number of ether oxygens (including phenoxy) is 1. The fraction of sp³-hybridized carbons (Fsp3) is 0.857. The second-order valence-corrected chi connectivity index (χ2v) is 5.58. The smallest absolute Gasteiger partial charge is 0.250 e. The van der Waals surface area contributed by atoms with Crippen molar-refractivity contribution in [3.63, 3.8) is 0 Å². The maximum atomic E-state index is 11.2. The molecule has 0 spiro atoms. The average Bonchev–Trinajstić information content (AvgIpc) is 1.97. The predicted molar refractivity (Wildman–Crippen MR) is 49.9 cm³/mol. The van der Waals surface area contributed by atoms with Crippen molar-refractivity contribution in [2.45, 2.75) is 13.0 Å². The molecule has 13 heavy (non-hydrogen) atoms. The van der Waals surface area contributed by atoms with Gasteiger partial charge >= 0.3 is 0 Å². The summed E-state index contributed by atoms with van der Waals surface area (Å²) in [6.07, 6.45) is -0.955. The first-order valence-electron chi connectivity index (χ1n) is 3.86. The van der Waals surface area contributed by atoms with E-state index in [1.807, 2.05) is 0 Å². The van der Waals surface area contributed by atoms with Crippen LogP contribution in [-0.4, -0.2) is 48.9 Å². The zero-order valence-electron chi connectivity index (χ0n) is 8.35. The van der Waals surface area contributed by atoms with Crippen molar-refractivity contribution >= 4 is 13.3 Å². The Morgan fingerprint density at radius 3 is 2.38 bits per heavy atom. The number of carbonyl (C=O) groups excluding carboxylic acids is 1. The molecule has 0 bridgehead atoms. The molecular weight excluding hydrogens is 193 g/mol. The van der Waals surface area contributed by atoms with E-state index >= 15 is 0 Å². The summed E-state index contributed by atoms with van der Waals surface area (Å²) in [4.78, 5) is 21.5. The summed E-state index contributed by atoms with van der Waals surface area (Å²) >= 11 is 0. The van der Waals surface area contributed by atoms with Gasteiger partial charge in [0.05, 0.1) is 0 Å². The lowest BCUT2D eigenvalue weighted by Gasteiger charge is -2.17. The number of carbonyl (C=O) groups is 1. The van der Waals surface area contributed by atoms with E-state index in [0.717, 1.165) is 0 Å². The van der Waals surface area contributed by atoms with Gasteiger partial charge in [-0.2, -0.15) is 0 Å². The molecule has 0 heterocycles. The number of nitrogens with zero attached hydrogens (tertiary/aromatic N) is 1. The van der Waals surface area contributed by atoms with Crippen LogP contribution >= 0.6 is 7.37 Å². The molecular formula is C7H16NO4P. The topological polar surface area (TPSA) is 66.8 Å². The molecule has 0 aromatic heterocycles. The fourth-order valence-corrected chi connectivity index (χ4v) is 1.19.